The average molecular weight is 302 g/mol. The molecule has 0 atom stereocenters. The van der Waals surface area contributed by atoms with Crippen molar-refractivity contribution in [2.45, 2.75) is 31.6 Å². The number of rotatable bonds is 3. The van der Waals surface area contributed by atoms with Gasteiger partial charge < -0.3 is 0 Å². The van der Waals surface area contributed by atoms with Crippen LogP contribution < -0.4 is 0 Å². The van der Waals surface area contributed by atoms with E-state index in [-0.39, 0.29) is 0 Å². The number of piperidine rings is 1. The molecular formula is C14H20ClNO2S. The minimum absolute atomic E-state index is 0.333. The van der Waals surface area contributed by atoms with Crippen LogP contribution in [0.4, 0.5) is 0 Å². The standard InChI is InChI=1S/C14H20ClNO2S/c1-11(2)12-7-9-16(10-8-12)19(17,18)14-5-3-13(15)4-6-14/h3-6,11-12H,7-10H2,1-2H3. The van der Waals surface area contributed by atoms with Crippen molar-refractivity contribution in [2.75, 3.05) is 13.1 Å². The molecule has 0 saturated carbocycles. The van der Waals surface area contributed by atoms with Crippen molar-refractivity contribution in [2.24, 2.45) is 11.8 Å². The molecule has 0 radical (unpaired) electrons. The van der Waals surface area contributed by atoms with Crippen molar-refractivity contribution in [3.8, 4) is 0 Å². The summed E-state index contributed by atoms with van der Waals surface area (Å²) in [6.07, 6.45) is 1.90. The van der Waals surface area contributed by atoms with Gasteiger partial charge in [0.25, 0.3) is 0 Å². The third-order valence-corrected chi connectivity index (χ3v) is 6.06. The molecule has 1 aliphatic rings. The molecule has 0 N–H and O–H groups in total. The summed E-state index contributed by atoms with van der Waals surface area (Å²) in [5.74, 6) is 1.26. The van der Waals surface area contributed by atoms with E-state index in [1.165, 1.54) is 0 Å². The number of halogens is 1. The Hall–Kier alpha value is -0.580. The van der Waals surface area contributed by atoms with Crippen molar-refractivity contribution in [1.29, 1.82) is 0 Å². The van der Waals surface area contributed by atoms with Gasteiger partial charge in [0.2, 0.25) is 10.0 Å². The van der Waals surface area contributed by atoms with Gasteiger partial charge in [-0.2, -0.15) is 4.31 Å². The molecule has 1 saturated heterocycles. The average Bonchev–Trinajstić information content (AvgIpc) is 2.39. The molecule has 0 bridgehead atoms. The first-order valence-electron chi connectivity index (χ1n) is 6.67. The van der Waals surface area contributed by atoms with Gasteiger partial charge >= 0.3 is 0 Å². The highest BCUT2D eigenvalue weighted by atomic mass is 35.5. The summed E-state index contributed by atoms with van der Waals surface area (Å²) >= 11 is 5.79. The van der Waals surface area contributed by atoms with Gasteiger partial charge in [-0.1, -0.05) is 25.4 Å². The Morgan fingerprint density at radius 3 is 2.16 bits per heavy atom. The van der Waals surface area contributed by atoms with Gasteiger partial charge in [0.15, 0.2) is 0 Å². The molecule has 5 heteroatoms. The fourth-order valence-corrected chi connectivity index (χ4v) is 4.13. The topological polar surface area (TPSA) is 37.4 Å². The maximum atomic E-state index is 12.5. The summed E-state index contributed by atoms with van der Waals surface area (Å²) in [5, 5.41) is 0.553. The maximum Gasteiger partial charge on any atom is 0.243 e. The molecule has 0 aromatic heterocycles. The first kappa shape index (κ1) is 14.8. The predicted octanol–water partition coefficient (Wildman–Crippen LogP) is 3.40. The van der Waals surface area contributed by atoms with Crippen LogP contribution in [0.25, 0.3) is 0 Å². The van der Waals surface area contributed by atoms with Crippen LogP contribution in [0.2, 0.25) is 5.02 Å². The zero-order valence-corrected chi connectivity index (χ0v) is 12.9. The lowest BCUT2D eigenvalue weighted by atomic mass is 9.87. The van der Waals surface area contributed by atoms with Gasteiger partial charge in [-0.15, -0.1) is 0 Å². The highest BCUT2D eigenvalue weighted by molar-refractivity contribution is 7.89. The first-order valence-corrected chi connectivity index (χ1v) is 8.49. The van der Waals surface area contributed by atoms with E-state index >= 15 is 0 Å². The van der Waals surface area contributed by atoms with Gasteiger partial charge in [-0.3, -0.25) is 0 Å². The van der Waals surface area contributed by atoms with Gasteiger partial charge in [0.1, 0.15) is 0 Å². The second-order valence-corrected chi connectivity index (χ2v) is 7.81. The van der Waals surface area contributed by atoms with Gasteiger partial charge in [-0.05, 0) is 48.9 Å². The molecule has 1 aliphatic heterocycles. The second-order valence-electron chi connectivity index (χ2n) is 5.44. The minimum Gasteiger partial charge on any atom is -0.207 e. The van der Waals surface area contributed by atoms with Crippen LogP contribution in [0.1, 0.15) is 26.7 Å². The molecule has 2 rings (SSSR count). The van der Waals surface area contributed by atoms with Crippen LogP contribution in [-0.4, -0.2) is 25.8 Å². The van der Waals surface area contributed by atoms with Crippen LogP contribution in [-0.2, 0) is 10.0 Å². The van der Waals surface area contributed by atoms with E-state index in [4.69, 9.17) is 11.6 Å². The Labute approximate surface area is 120 Å². The molecule has 0 amide bonds. The third-order valence-electron chi connectivity index (χ3n) is 3.89. The van der Waals surface area contributed by atoms with E-state index < -0.39 is 10.0 Å². The molecule has 19 heavy (non-hydrogen) atoms. The number of sulfonamides is 1. The van der Waals surface area contributed by atoms with Gasteiger partial charge in [-0.25, -0.2) is 8.42 Å². The Bertz CT molecular complexity index is 517. The van der Waals surface area contributed by atoms with E-state index in [2.05, 4.69) is 13.8 Å². The van der Waals surface area contributed by atoms with Crippen molar-refractivity contribution in [3.05, 3.63) is 29.3 Å². The summed E-state index contributed by atoms with van der Waals surface area (Å²) in [6, 6.07) is 6.39. The number of hydrogen-bond acceptors (Lipinski definition) is 2. The smallest absolute Gasteiger partial charge is 0.207 e. The van der Waals surface area contributed by atoms with E-state index in [0.717, 1.165) is 12.8 Å². The van der Waals surface area contributed by atoms with Gasteiger partial charge in [0, 0.05) is 18.1 Å². The monoisotopic (exact) mass is 301 g/mol. The maximum absolute atomic E-state index is 12.5. The van der Waals surface area contributed by atoms with E-state index in [1.54, 1.807) is 28.6 Å². The summed E-state index contributed by atoms with van der Waals surface area (Å²) in [6.45, 7) is 5.64. The molecular weight excluding hydrogens is 282 g/mol. The third kappa shape index (κ3) is 3.30. The highest BCUT2D eigenvalue weighted by Crippen LogP contribution is 2.28. The van der Waals surface area contributed by atoms with Crippen LogP contribution in [0, 0.1) is 11.8 Å². The molecule has 1 aromatic rings. The van der Waals surface area contributed by atoms with Crippen LogP contribution in [0.5, 0.6) is 0 Å². The Morgan fingerprint density at radius 2 is 1.68 bits per heavy atom. The number of benzene rings is 1. The molecule has 0 spiro atoms. The molecule has 1 heterocycles. The molecule has 106 valence electrons. The predicted molar refractivity (Wildman–Crippen MR) is 77.8 cm³/mol. The molecule has 0 aliphatic carbocycles. The lowest BCUT2D eigenvalue weighted by molar-refractivity contribution is 0.226. The van der Waals surface area contributed by atoms with E-state index in [0.29, 0.717) is 34.8 Å². The summed E-state index contributed by atoms with van der Waals surface area (Å²) < 4.78 is 26.5. The Balaban J connectivity index is 2.12. The fourth-order valence-electron chi connectivity index (χ4n) is 2.54. The van der Waals surface area contributed by atoms with Crippen LogP contribution in [0.3, 0.4) is 0 Å². The van der Waals surface area contributed by atoms with Crippen molar-refractivity contribution < 1.29 is 8.42 Å². The second kappa shape index (κ2) is 5.81. The Kier molecular flexibility index (Phi) is 4.54. The fraction of sp³-hybridized carbons (Fsp3) is 0.571. The first-order chi connectivity index (χ1) is 8.91. The number of nitrogens with zero attached hydrogens (tertiary/aromatic N) is 1. The van der Waals surface area contributed by atoms with Crippen LogP contribution in [0.15, 0.2) is 29.2 Å². The SMILES string of the molecule is CC(C)C1CCN(S(=O)(=O)c2ccc(Cl)cc2)CC1. The number of hydrogen-bond donors (Lipinski definition) is 0. The summed E-state index contributed by atoms with van der Waals surface area (Å²) in [7, 11) is -3.35. The van der Waals surface area contributed by atoms with Crippen molar-refractivity contribution in [3.63, 3.8) is 0 Å². The normalized spacial score (nSPS) is 18.9. The lowest BCUT2D eigenvalue weighted by Crippen LogP contribution is -2.39. The van der Waals surface area contributed by atoms with E-state index in [1.807, 2.05) is 0 Å². The van der Waals surface area contributed by atoms with Gasteiger partial charge in [0.05, 0.1) is 4.90 Å². The van der Waals surface area contributed by atoms with E-state index in [9.17, 15) is 8.42 Å². The summed E-state index contributed by atoms with van der Waals surface area (Å²) in [5.41, 5.74) is 0. The zero-order valence-electron chi connectivity index (χ0n) is 11.3. The Morgan fingerprint density at radius 1 is 1.16 bits per heavy atom. The van der Waals surface area contributed by atoms with Crippen LogP contribution >= 0.6 is 11.6 Å². The molecule has 0 unspecified atom stereocenters. The van der Waals surface area contributed by atoms with Crippen molar-refractivity contribution in [1.82, 2.24) is 4.31 Å². The lowest BCUT2D eigenvalue weighted by Gasteiger charge is -2.33. The molecule has 1 fully saturated rings. The highest BCUT2D eigenvalue weighted by Gasteiger charge is 2.30. The minimum atomic E-state index is -3.35. The van der Waals surface area contributed by atoms with Crippen molar-refractivity contribution >= 4 is 21.6 Å². The quantitative estimate of drug-likeness (QED) is 0.858. The largest absolute Gasteiger partial charge is 0.243 e. The summed E-state index contributed by atoms with van der Waals surface area (Å²) in [4.78, 5) is 0.333. The molecule has 1 aromatic carbocycles. The molecule has 3 nitrogen and oxygen atoms in total. The zero-order chi connectivity index (χ0) is 14.0.